The SMILES string of the molecule is C=CC.CC.Cc1ccc(/C=C/c2ccc3c4ccc(/C=C/C5=CCC(C)C=C5)cc4c4ccccc4c3c2)cc1. The van der Waals surface area contributed by atoms with E-state index >= 15 is 0 Å². The Morgan fingerprint density at radius 2 is 1.10 bits per heavy atom. The average Bonchev–Trinajstić information content (AvgIpc) is 3.02. The molecule has 1 aliphatic rings. The first-order valence-electron chi connectivity index (χ1n) is 14.8. The third-order valence-corrected chi connectivity index (χ3v) is 7.24. The van der Waals surface area contributed by atoms with Gasteiger partial charge in [-0.3, -0.25) is 0 Å². The van der Waals surface area contributed by atoms with Crippen LogP contribution in [-0.2, 0) is 0 Å². The van der Waals surface area contributed by atoms with Crippen molar-refractivity contribution in [2.24, 2.45) is 5.92 Å². The number of benzene rings is 5. The maximum absolute atomic E-state index is 3.36. The lowest BCUT2D eigenvalue weighted by molar-refractivity contribution is 0.733. The summed E-state index contributed by atoms with van der Waals surface area (Å²) in [6.07, 6.45) is 18.6. The average molecular weight is 535 g/mol. The van der Waals surface area contributed by atoms with Gasteiger partial charge in [-0.25, -0.2) is 0 Å². The summed E-state index contributed by atoms with van der Waals surface area (Å²) in [7, 11) is 0. The minimum Gasteiger partial charge on any atom is -0.103 e. The molecule has 0 spiro atoms. The molecule has 0 amide bonds. The Labute approximate surface area is 246 Å². The summed E-state index contributed by atoms with van der Waals surface area (Å²) in [5.74, 6) is 0.640. The summed E-state index contributed by atoms with van der Waals surface area (Å²) in [5.41, 5.74) is 6.25. The van der Waals surface area contributed by atoms with Crippen molar-refractivity contribution in [1.82, 2.24) is 0 Å². The number of rotatable bonds is 4. The van der Waals surface area contributed by atoms with Crippen LogP contribution in [0.4, 0.5) is 0 Å². The van der Waals surface area contributed by atoms with Crippen LogP contribution in [0.15, 0.2) is 127 Å². The highest BCUT2D eigenvalue weighted by atomic mass is 14.1. The summed E-state index contributed by atoms with van der Waals surface area (Å²) in [4.78, 5) is 0. The largest absolute Gasteiger partial charge is 0.103 e. The number of fused-ring (bicyclic) bond motifs is 6. The van der Waals surface area contributed by atoms with Gasteiger partial charge in [0.05, 0.1) is 0 Å². The zero-order chi connectivity index (χ0) is 29.2. The van der Waals surface area contributed by atoms with Crippen LogP contribution in [0.3, 0.4) is 0 Å². The molecule has 206 valence electrons. The van der Waals surface area contributed by atoms with Crippen molar-refractivity contribution in [3.63, 3.8) is 0 Å². The quantitative estimate of drug-likeness (QED) is 0.122. The summed E-state index contributed by atoms with van der Waals surface area (Å²) in [5, 5.41) is 7.84. The molecule has 0 bridgehead atoms. The van der Waals surface area contributed by atoms with E-state index in [1.54, 1.807) is 6.08 Å². The van der Waals surface area contributed by atoms with Gasteiger partial charge in [0.15, 0.2) is 0 Å². The van der Waals surface area contributed by atoms with E-state index in [-0.39, 0.29) is 0 Å². The van der Waals surface area contributed by atoms with Crippen molar-refractivity contribution in [2.45, 2.75) is 41.0 Å². The van der Waals surface area contributed by atoms with Gasteiger partial charge < -0.3 is 0 Å². The van der Waals surface area contributed by atoms with E-state index in [9.17, 15) is 0 Å². The molecular formula is C41H42. The minimum atomic E-state index is 0.640. The number of hydrogen-bond acceptors (Lipinski definition) is 0. The Balaban J connectivity index is 0.000000728. The lowest BCUT2D eigenvalue weighted by Crippen LogP contribution is -1.92. The highest BCUT2D eigenvalue weighted by Gasteiger charge is 2.09. The summed E-state index contributed by atoms with van der Waals surface area (Å²) >= 11 is 0. The van der Waals surface area contributed by atoms with Gasteiger partial charge in [0.1, 0.15) is 0 Å². The van der Waals surface area contributed by atoms with E-state index in [0.717, 1.165) is 6.42 Å². The zero-order valence-electron chi connectivity index (χ0n) is 25.2. The number of allylic oxidation sites excluding steroid dienone is 6. The van der Waals surface area contributed by atoms with Gasteiger partial charge >= 0.3 is 0 Å². The van der Waals surface area contributed by atoms with Crippen LogP contribution >= 0.6 is 0 Å². The molecule has 0 fully saturated rings. The number of hydrogen-bond donors (Lipinski definition) is 0. The highest BCUT2D eigenvalue weighted by Crippen LogP contribution is 2.36. The molecular weight excluding hydrogens is 492 g/mol. The third-order valence-electron chi connectivity index (χ3n) is 7.24. The molecule has 6 rings (SSSR count). The second kappa shape index (κ2) is 14.3. The fourth-order valence-corrected chi connectivity index (χ4v) is 5.13. The van der Waals surface area contributed by atoms with E-state index in [1.165, 1.54) is 60.1 Å². The van der Waals surface area contributed by atoms with Gasteiger partial charge in [-0.15, -0.1) is 6.58 Å². The van der Waals surface area contributed by atoms with E-state index in [2.05, 4.69) is 148 Å². The topological polar surface area (TPSA) is 0 Å². The van der Waals surface area contributed by atoms with Crippen molar-refractivity contribution < 1.29 is 0 Å². The van der Waals surface area contributed by atoms with E-state index in [4.69, 9.17) is 0 Å². The number of aryl methyl sites for hydroxylation is 1. The Hall–Kier alpha value is -4.42. The van der Waals surface area contributed by atoms with Gasteiger partial charge in [-0.1, -0.05) is 148 Å². The van der Waals surface area contributed by atoms with Crippen LogP contribution in [0.5, 0.6) is 0 Å². The molecule has 0 nitrogen and oxygen atoms in total. The maximum Gasteiger partial charge on any atom is -0.00930 e. The van der Waals surface area contributed by atoms with Crippen molar-refractivity contribution in [1.29, 1.82) is 0 Å². The fraction of sp³-hybridized carbons (Fsp3) is 0.171. The van der Waals surface area contributed by atoms with Gasteiger partial charge in [-0.2, -0.15) is 0 Å². The first kappa shape index (κ1) is 29.6. The Morgan fingerprint density at radius 1 is 0.634 bits per heavy atom. The zero-order valence-corrected chi connectivity index (χ0v) is 25.2. The molecule has 0 aromatic heterocycles. The monoisotopic (exact) mass is 534 g/mol. The van der Waals surface area contributed by atoms with Crippen LogP contribution in [0, 0.1) is 12.8 Å². The molecule has 0 saturated heterocycles. The lowest BCUT2D eigenvalue weighted by Gasteiger charge is -2.12. The first-order valence-corrected chi connectivity index (χ1v) is 14.8. The Bertz CT molecular complexity index is 1730. The molecule has 1 unspecified atom stereocenters. The van der Waals surface area contributed by atoms with Crippen LogP contribution in [0.25, 0.3) is 50.5 Å². The normalized spacial score (nSPS) is 14.6. The third kappa shape index (κ3) is 7.21. The minimum absolute atomic E-state index is 0.640. The molecule has 0 heteroatoms. The van der Waals surface area contributed by atoms with E-state index in [1.807, 2.05) is 20.8 Å². The van der Waals surface area contributed by atoms with Gasteiger partial charge in [-0.05, 0) is 92.9 Å². The molecule has 41 heavy (non-hydrogen) atoms. The molecule has 0 saturated carbocycles. The molecule has 0 aliphatic heterocycles. The Morgan fingerprint density at radius 3 is 1.61 bits per heavy atom. The fourth-order valence-electron chi connectivity index (χ4n) is 5.13. The predicted molar refractivity (Wildman–Crippen MR) is 186 cm³/mol. The predicted octanol–water partition coefficient (Wildman–Crippen LogP) is 12.4. The standard InChI is InChI=1S/C36H30.C3H6.C2H6/c1-25-7-11-27(12-8-25)15-17-29-19-21-33-34-22-20-30(18-16-28-13-9-26(2)10-14-28)24-36(34)32-6-4-3-5-31(32)35(33)23-29;1-3-2;1-2/h3-9,11-24,26H,10H2,1-2H3;3H,1H2,2H3;1-2H3/b17-15+,18-16+;;. The van der Waals surface area contributed by atoms with Crippen LogP contribution in [0.2, 0.25) is 0 Å². The van der Waals surface area contributed by atoms with Crippen LogP contribution in [-0.4, -0.2) is 0 Å². The van der Waals surface area contributed by atoms with Crippen LogP contribution < -0.4 is 0 Å². The molecule has 0 heterocycles. The summed E-state index contributed by atoms with van der Waals surface area (Å²) < 4.78 is 0. The van der Waals surface area contributed by atoms with E-state index in [0.29, 0.717) is 5.92 Å². The maximum atomic E-state index is 3.36. The molecule has 0 radical (unpaired) electrons. The Kier molecular flexibility index (Phi) is 10.3. The molecule has 1 aliphatic carbocycles. The highest BCUT2D eigenvalue weighted by molar-refractivity contribution is 6.25. The van der Waals surface area contributed by atoms with Crippen molar-refractivity contribution >= 4 is 50.5 Å². The second-order valence-corrected chi connectivity index (χ2v) is 10.4. The van der Waals surface area contributed by atoms with Crippen molar-refractivity contribution in [3.05, 3.63) is 150 Å². The van der Waals surface area contributed by atoms with Crippen molar-refractivity contribution in [3.8, 4) is 0 Å². The molecule has 5 aromatic rings. The molecule has 1 atom stereocenters. The van der Waals surface area contributed by atoms with Gasteiger partial charge in [0.2, 0.25) is 0 Å². The molecule has 5 aromatic carbocycles. The van der Waals surface area contributed by atoms with Crippen LogP contribution in [0.1, 0.15) is 56.4 Å². The lowest BCUT2D eigenvalue weighted by atomic mass is 9.92. The molecule has 0 N–H and O–H groups in total. The summed E-state index contributed by atoms with van der Waals surface area (Å²) in [6.45, 7) is 13.6. The summed E-state index contributed by atoms with van der Waals surface area (Å²) in [6, 6.07) is 31.2. The van der Waals surface area contributed by atoms with Gasteiger partial charge in [0, 0.05) is 0 Å². The van der Waals surface area contributed by atoms with E-state index < -0.39 is 0 Å². The first-order chi connectivity index (χ1) is 20.1. The smallest absolute Gasteiger partial charge is 0.00930 e. The van der Waals surface area contributed by atoms with Gasteiger partial charge in [0.25, 0.3) is 0 Å². The van der Waals surface area contributed by atoms with Crippen molar-refractivity contribution in [2.75, 3.05) is 0 Å². The second-order valence-electron chi connectivity index (χ2n) is 10.4.